The predicted octanol–water partition coefficient (Wildman–Crippen LogP) is 7.94. The maximum absolute atomic E-state index is 14.1. The number of benzene rings is 2. The minimum Gasteiger partial charge on any atom is -0.371 e. The van der Waals surface area contributed by atoms with Gasteiger partial charge in [-0.25, -0.2) is 4.98 Å². The number of allylic oxidation sites excluding steroid dienone is 1. The Kier molecular flexibility index (Phi) is 8.21. The zero-order valence-electron chi connectivity index (χ0n) is 19.2. The molecule has 1 fully saturated rings. The molecule has 2 aromatic carbocycles. The van der Waals surface area contributed by atoms with Crippen LogP contribution in [-0.2, 0) is 12.6 Å². The molecule has 0 spiro atoms. The van der Waals surface area contributed by atoms with Crippen LogP contribution in [-0.4, -0.2) is 22.3 Å². The highest BCUT2D eigenvalue weighted by molar-refractivity contribution is 6.30. The number of piperidine rings is 1. The number of halogens is 5. The summed E-state index contributed by atoms with van der Waals surface area (Å²) in [5, 5.41) is 3.45. The van der Waals surface area contributed by atoms with E-state index in [0.717, 1.165) is 24.5 Å². The average molecular weight is 534 g/mol. The fourth-order valence-electron chi connectivity index (χ4n) is 4.41. The number of anilines is 1. The Bertz CT molecular complexity index is 1250. The molecule has 1 N–H and O–H groups in total. The molecule has 9 heteroatoms. The SMILES string of the molecule is O=C(Nc1cccc(C(F)(F)F)c1C1CCCCN1/C=C/Cc1ccc(Cl)cc1)c1ccnc(Cl)c1. The largest absolute Gasteiger partial charge is 0.416 e. The minimum atomic E-state index is -4.58. The van der Waals surface area contributed by atoms with E-state index >= 15 is 0 Å². The number of nitrogens with zero attached hydrogens (tertiary/aromatic N) is 2. The van der Waals surface area contributed by atoms with Gasteiger partial charge in [0.15, 0.2) is 0 Å². The van der Waals surface area contributed by atoms with Crippen molar-refractivity contribution in [3.05, 3.63) is 105 Å². The standard InChI is InChI=1S/C27H24Cl2F3N3O/c28-20-11-9-18(10-12-20)5-4-16-35-15-2-1-8-23(35)25-21(27(30,31)32)6-3-7-22(25)34-26(36)19-13-14-33-24(29)17-19/h3-4,6-7,9-14,16-17,23H,1-2,5,8,15H2,(H,34,36)/b16-4+. The van der Waals surface area contributed by atoms with Crippen LogP contribution in [0.3, 0.4) is 0 Å². The van der Waals surface area contributed by atoms with Crippen molar-refractivity contribution in [2.75, 3.05) is 11.9 Å². The van der Waals surface area contributed by atoms with Crippen molar-refractivity contribution in [2.24, 2.45) is 0 Å². The molecule has 1 aliphatic heterocycles. The quantitative estimate of drug-likeness (QED) is 0.327. The summed E-state index contributed by atoms with van der Waals surface area (Å²) >= 11 is 11.8. The van der Waals surface area contributed by atoms with Gasteiger partial charge in [0.1, 0.15) is 5.15 Å². The van der Waals surface area contributed by atoms with E-state index in [2.05, 4.69) is 10.3 Å². The van der Waals surface area contributed by atoms with E-state index in [9.17, 15) is 18.0 Å². The van der Waals surface area contributed by atoms with Crippen LogP contribution >= 0.6 is 23.2 Å². The van der Waals surface area contributed by atoms with Gasteiger partial charge in [-0.2, -0.15) is 13.2 Å². The number of amides is 1. The van der Waals surface area contributed by atoms with Gasteiger partial charge in [-0.05, 0) is 73.8 Å². The summed E-state index contributed by atoms with van der Waals surface area (Å²) in [4.78, 5) is 18.7. The van der Waals surface area contributed by atoms with Crippen LogP contribution < -0.4 is 5.32 Å². The van der Waals surface area contributed by atoms with Gasteiger partial charge in [0.05, 0.1) is 11.6 Å². The molecule has 0 saturated carbocycles. The molecule has 1 aliphatic rings. The first kappa shape index (κ1) is 26.0. The summed E-state index contributed by atoms with van der Waals surface area (Å²) in [5.74, 6) is -0.555. The van der Waals surface area contributed by atoms with Gasteiger partial charge in [-0.3, -0.25) is 4.79 Å². The van der Waals surface area contributed by atoms with Crippen LogP contribution in [0.25, 0.3) is 0 Å². The molecule has 4 rings (SSSR count). The molecular weight excluding hydrogens is 510 g/mol. The van der Waals surface area contributed by atoms with Crippen LogP contribution in [0, 0.1) is 0 Å². The number of aromatic nitrogens is 1. The molecule has 0 radical (unpaired) electrons. The molecule has 0 aliphatic carbocycles. The molecule has 36 heavy (non-hydrogen) atoms. The molecule has 4 nitrogen and oxygen atoms in total. The van der Waals surface area contributed by atoms with Gasteiger partial charge in [-0.15, -0.1) is 0 Å². The number of nitrogens with one attached hydrogen (secondary N) is 1. The van der Waals surface area contributed by atoms with E-state index in [0.29, 0.717) is 24.4 Å². The Morgan fingerprint density at radius 3 is 2.61 bits per heavy atom. The monoisotopic (exact) mass is 533 g/mol. The number of hydrogen-bond donors (Lipinski definition) is 1. The zero-order chi connectivity index (χ0) is 25.7. The predicted molar refractivity (Wildman–Crippen MR) is 136 cm³/mol. The Morgan fingerprint density at radius 1 is 1.11 bits per heavy atom. The molecule has 188 valence electrons. The number of likely N-dealkylation sites (tertiary alicyclic amines) is 1. The average Bonchev–Trinajstić information content (AvgIpc) is 2.85. The molecule has 1 aromatic heterocycles. The second-order valence-electron chi connectivity index (χ2n) is 8.55. The van der Waals surface area contributed by atoms with Gasteiger partial charge in [-0.1, -0.05) is 47.5 Å². The lowest BCUT2D eigenvalue weighted by molar-refractivity contribution is -0.138. The molecule has 1 unspecified atom stereocenters. The molecular formula is C27H24Cl2F3N3O. The minimum absolute atomic E-state index is 0.0642. The van der Waals surface area contributed by atoms with Crippen molar-refractivity contribution in [1.29, 1.82) is 0 Å². The maximum atomic E-state index is 14.1. The van der Waals surface area contributed by atoms with Gasteiger partial charge in [0.2, 0.25) is 0 Å². The van der Waals surface area contributed by atoms with E-state index in [4.69, 9.17) is 23.2 Å². The maximum Gasteiger partial charge on any atom is 0.416 e. The fraction of sp³-hybridized carbons (Fsp3) is 0.259. The topological polar surface area (TPSA) is 45.2 Å². The lowest BCUT2D eigenvalue weighted by Crippen LogP contribution is -2.31. The van der Waals surface area contributed by atoms with Gasteiger partial charge in [0, 0.05) is 34.6 Å². The third kappa shape index (κ3) is 6.39. The molecule has 0 bridgehead atoms. The van der Waals surface area contributed by atoms with Crippen molar-refractivity contribution in [1.82, 2.24) is 9.88 Å². The number of alkyl halides is 3. The molecule has 1 amide bonds. The van der Waals surface area contributed by atoms with E-state index in [-0.39, 0.29) is 22.0 Å². The van der Waals surface area contributed by atoms with E-state index in [1.54, 1.807) is 12.1 Å². The third-order valence-corrected chi connectivity index (χ3v) is 6.55. The first-order chi connectivity index (χ1) is 17.2. The van der Waals surface area contributed by atoms with Crippen molar-refractivity contribution in [3.63, 3.8) is 0 Å². The molecule has 1 saturated heterocycles. The third-order valence-electron chi connectivity index (χ3n) is 6.09. The fourth-order valence-corrected chi connectivity index (χ4v) is 4.71. The number of carbonyl (C=O) groups is 1. The van der Waals surface area contributed by atoms with Gasteiger partial charge in [0.25, 0.3) is 5.91 Å². The van der Waals surface area contributed by atoms with E-state index < -0.39 is 23.7 Å². The first-order valence-corrected chi connectivity index (χ1v) is 12.3. The van der Waals surface area contributed by atoms with Crippen molar-refractivity contribution < 1.29 is 18.0 Å². The summed E-state index contributed by atoms with van der Waals surface area (Å²) in [6, 6.07) is 13.6. The lowest BCUT2D eigenvalue weighted by atomic mass is 9.90. The van der Waals surface area contributed by atoms with E-state index in [1.807, 2.05) is 29.3 Å². The highest BCUT2D eigenvalue weighted by Gasteiger charge is 2.38. The first-order valence-electron chi connectivity index (χ1n) is 11.5. The van der Waals surface area contributed by atoms with Gasteiger partial charge >= 0.3 is 6.18 Å². The smallest absolute Gasteiger partial charge is 0.371 e. The molecule has 2 heterocycles. The molecule has 3 aromatic rings. The Labute approximate surface area is 217 Å². The van der Waals surface area contributed by atoms with Crippen LogP contribution in [0.5, 0.6) is 0 Å². The summed E-state index contributed by atoms with van der Waals surface area (Å²) in [5.41, 5.74) is 0.696. The highest BCUT2D eigenvalue weighted by Crippen LogP contribution is 2.43. The number of pyridine rings is 1. The number of rotatable bonds is 6. The summed E-state index contributed by atoms with van der Waals surface area (Å²) < 4.78 is 42.4. The Balaban J connectivity index is 1.66. The summed E-state index contributed by atoms with van der Waals surface area (Å²) in [6.45, 7) is 0.612. The zero-order valence-corrected chi connectivity index (χ0v) is 20.7. The van der Waals surface area contributed by atoms with Crippen molar-refractivity contribution in [3.8, 4) is 0 Å². The van der Waals surface area contributed by atoms with Gasteiger partial charge < -0.3 is 10.2 Å². The van der Waals surface area contributed by atoms with Crippen molar-refractivity contribution >= 4 is 34.8 Å². The normalized spacial score (nSPS) is 16.4. The van der Waals surface area contributed by atoms with Crippen LogP contribution in [0.2, 0.25) is 10.2 Å². The molecule has 1 atom stereocenters. The second kappa shape index (κ2) is 11.4. The summed E-state index contributed by atoms with van der Waals surface area (Å²) in [7, 11) is 0. The lowest BCUT2D eigenvalue weighted by Gasteiger charge is -2.37. The van der Waals surface area contributed by atoms with Crippen molar-refractivity contribution in [2.45, 2.75) is 37.9 Å². The van der Waals surface area contributed by atoms with Crippen LogP contribution in [0.1, 0.15) is 52.4 Å². The van der Waals surface area contributed by atoms with Crippen LogP contribution in [0.4, 0.5) is 18.9 Å². The summed E-state index contributed by atoms with van der Waals surface area (Å²) in [6.07, 6.45) is 3.40. The second-order valence-corrected chi connectivity index (χ2v) is 9.37. The Hall–Kier alpha value is -3.03. The number of hydrogen-bond acceptors (Lipinski definition) is 3. The van der Waals surface area contributed by atoms with Crippen LogP contribution in [0.15, 0.2) is 73.1 Å². The number of carbonyl (C=O) groups excluding carboxylic acids is 1. The Morgan fingerprint density at radius 2 is 1.89 bits per heavy atom. The highest BCUT2D eigenvalue weighted by atomic mass is 35.5. The van der Waals surface area contributed by atoms with E-state index in [1.165, 1.54) is 30.5 Å².